The van der Waals surface area contributed by atoms with Gasteiger partial charge in [-0.2, -0.15) is 0 Å². The van der Waals surface area contributed by atoms with Crippen LogP contribution in [0.3, 0.4) is 0 Å². The summed E-state index contributed by atoms with van der Waals surface area (Å²) < 4.78 is 4.60. The van der Waals surface area contributed by atoms with Gasteiger partial charge >= 0.3 is 12.1 Å². The molecule has 2 amide bonds. The maximum Gasteiger partial charge on any atom is 0.416 e. The number of hydrogen-bond acceptors (Lipinski definition) is 4. The molecule has 1 heterocycles. The third kappa shape index (κ3) is 2.01. The van der Waals surface area contributed by atoms with E-state index in [2.05, 4.69) is 4.74 Å². The molecule has 0 aromatic carbocycles. The number of carbonyl (C=O) groups excluding carboxylic acids is 2. The SMILES string of the molecule is CCOC(=O)N1CC(C(=O)O)CC1=O. The minimum atomic E-state index is -1.06. The van der Waals surface area contributed by atoms with Crippen LogP contribution in [-0.2, 0) is 14.3 Å². The van der Waals surface area contributed by atoms with Gasteiger partial charge in [0, 0.05) is 13.0 Å². The summed E-state index contributed by atoms with van der Waals surface area (Å²) in [6, 6.07) is 0. The summed E-state index contributed by atoms with van der Waals surface area (Å²) in [7, 11) is 0. The van der Waals surface area contributed by atoms with E-state index in [1.807, 2.05) is 0 Å². The van der Waals surface area contributed by atoms with Gasteiger partial charge in [0.25, 0.3) is 0 Å². The molecular formula is C8H11NO5. The lowest BCUT2D eigenvalue weighted by molar-refractivity contribution is -0.141. The number of carbonyl (C=O) groups is 3. The van der Waals surface area contributed by atoms with Crippen LogP contribution in [0.5, 0.6) is 0 Å². The minimum absolute atomic E-state index is 0.0903. The van der Waals surface area contributed by atoms with Gasteiger partial charge in [0.1, 0.15) is 0 Å². The first-order chi connectivity index (χ1) is 6.56. The zero-order chi connectivity index (χ0) is 10.7. The minimum Gasteiger partial charge on any atom is -0.481 e. The third-order valence-corrected chi connectivity index (χ3v) is 1.96. The van der Waals surface area contributed by atoms with Crippen molar-refractivity contribution in [3.8, 4) is 0 Å². The Balaban J connectivity index is 2.61. The average Bonchev–Trinajstić information content (AvgIpc) is 2.48. The highest BCUT2D eigenvalue weighted by molar-refractivity contribution is 5.96. The quantitative estimate of drug-likeness (QED) is 0.683. The number of nitrogens with zero attached hydrogens (tertiary/aromatic N) is 1. The second-order valence-electron chi connectivity index (χ2n) is 2.94. The molecule has 1 aliphatic heterocycles. The number of imide groups is 1. The number of ether oxygens (including phenoxy) is 1. The van der Waals surface area contributed by atoms with Gasteiger partial charge in [0.05, 0.1) is 12.5 Å². The first-order valence-electron chi connectivity index (χ1n) is 4.26. The van der Waals surface area contributed by atoms with E-state index in [0.29, 0.717) is 0 Å². The van der Waals surface area contributed by atoms with Crippen molar-refractivity contribution in [1.82, 2.24) is 4.90 Å². The van der Waals surface area contributed by atoms with Crippen LogP contribution in [0.4, 0.5) is 4.79 Å². The molecule has 1 saturated heterocycles. The Bertz CT molecular complexity index is 275. The number of aliphatic carboxylic acids is 1. The van der Waals surface area contributed by atoms with Gasteiger partial charge in [-0.3, -0.25) is 9.59 Å². The van der Waals surface area contributed by atoms with E-state index in [1.165, 1.54) is 0 Å². The van der Waals surface area contributed by atoms with E-state index in [4.69, 9.17) is 5.11 Å². The molecule has 0 radical (unpaired) electrons. The van der Waals surface area contributed by atoms with Crippen molar-refractivity contribution in [1.29, 1.82) is 0 Å². The zero-order valence-corrected chi connectivity index (χ0v) is 7.73. The molecule has 1 aliphatic rings. The monoisotopic (exact) mass is 201 g/mol. The lowest BCUT2D eigenvalue weighted by Crippen LogP contribution is -2.33. The first kappa shape index (κ1) is 10.5. The summed E-state index contributed by atoms with van der Waals surface area (Å²) in [6.45, 7) is 1.69. The first-order valence-corrected chi connectivity index (χ1v) is 4.26. The van der Waals surface area contributed by atoms with Gasteiger partial charge in [-0.05, 0) is 6.92 Å². The van der Waals surface area contributed by atoms with Crippen LogP contribution in [0.25, 0.3) is 0 Å². The molecule has 14 heavy (non-hydrogen) atoms. The molecule has 1 N–H and O–H groups in total. The summed E-state index contributed by atoms with van der Waals surface area (Å²) in [6.07, 6.45) is -0.894. The Morgan fingerprint density at radius 1 is 1.64 bits per heavy atom. The maximum absolute atomic E-state index is 11.2. The van der Waals surface area contributed by atoms with E-state index < -0.39 is 23.9 Å². The van der Waals surface area contributed by atoms with E-state index in [1.54, 1.807) is 6.92 Å². The number of carboxylic acid groups (broad SMARTS) is 1. The predicted molar refractivity (Wildman–Crippen MR) is 44.5 cm³/mol. The molecule has 0 aliphatic carbocycles. The summed E-state index contributed by atoms with van der Waals surface area (Å²) in [5.41, 5.74) is 0. The summed E-state index contributed by atoms with van der Waals surface area (Å²) in [5.74, 6) is -2.35. The van der Waals surface area contributed by atoms with Crippen LogP contribution in [-0.4, -0.2) is 41.1 Å². The van der Waals surface area contributed by atoms with E-state index in [9.17, 15) is 14.4 Å². The van der Waals surface area contributed by atoms with E-state index >= 15 is 0 Å². The number of likely N-dealkylation sites (tertiary alicyclic amines) is 1. The van der Waals surface area contributed by atoms with Crippen molar-refractivity contribution in [3.05, 3.63) is 0 Å². The van der Waals surface area contributed by atoms with Crippen molar-refractivity contribution < 1.29 is 24.2 Å². The zero-order valence-electron chi connectivity index (χ0n) is 7.73. The van der Waals surface area contributed by atoms with Crippen molar-refractivity contribution in [2.45, 2.75) is 13.3 Å². The molecule has 78 valence electrons. The number of carboxylic acids is 1. The van der Waals surface area contributed by atoms with E-state index in [0.717, 1.165) is 4.90 Å². The fraction of sp³-hybridized carbons (Fsp3) is 0.625. The lowest BCUT2D eigenvalue weighted by atomic mass is 10.1. The van der Waals surface area contributed by atoms with Gasteiger partial charge in [0.15, 0.2) is 0 Å². The Hall–Kier alpha value is -1.59. The van der Waals surface area contributed by atoms with Crippen LogP contribution < -0.4 is 0 Å². The lowest BCUT2D eigenvalue weighted by Gasteiger charge is -2.12. The van der Waals surface area contributed by atoms with Crippen LogP contribution in [0.1, 0.15) is 13.3 Å². The van der Waals surface area contributed by atoms with E-state index in [-0.39, 0.29) is 19.6 Å². The van der Waals surface area contributed by atoms with Crippen LogP contribution in [0.15, 0.2) is 0 Å². The second-order valence-corrected chi connectivity index (χ2v) is 2.94. The smallest absolute Gasteiger partial charge is 0.416 e. The Kier molecular flexibility index (Phi) is 3.06. The summed E-state index contributed by atoms with van der Waals surface area (Å²) in [4.78, 5) is 33.7. The molecule has 1 atom stereocenters. The second kappa shape index (κ2) is 4.08. The molecule has 0 saturated carbocycles. The summed E-state index contributed by atoms with van der Waals surface area (Å²) >= 11 is 0. The van der Waals surface area contributed by atoms with Crippen LogP contribution in [0.2, 0.25) is 0 Å². The maximum atomic E-state index is 11.2. The molecule has 1 fully saturated rings. The van der Waals surface area contributed by atoms with Crippen molar-refractivity contribution in [3.63, 3.8) is 0 Å². The Labute approximate surface area is 80.4 Å². The fourth-order valence-corrected chi connectivity index (χ4v) is 1.25. The normalized spacial score (nSPS) is 21.1. The van der Waals surface area contributed by atoms with Crippen LogP contribution >= 0.6 is 0 Å². The predicted octanol–water partition coefficient (Wildman–Crippen LogP) is 0.0760. The van der Waals surface area contributed by atoms with Gasteiger partial charge < -0.3 is 9.84 Å². The molecule has 1 unspecified atom stereocenters. The largest absolute Gasteiger partial charge is 0.481 e. The summed E-state index contributed by atoms with van der Waals surface area (Å²) in [5, 5.41) is 8.63. The Morgan fingerprint density at radius 2 is 2.29 bits per heavy atom. The van der Waals surface area contributed by atoms with Crippen molar-refractivity contribution >= 4 is 18.0 Å². The number of amides is 2. The topological polar surface area (TPSA) is 83.9 Å². The van der Waals surface area contributed by atoms with Crippen molar-refractivity contribution in [2.24, 2.45) is 5.92 Å². The molecule has 0 spiro atoms. The molecule has 6 nitrogen and oxygen atoms in total. The molecule has 0 aromatic heterocycles. The highest BCUT2D eigenvalue weighted by Gasteiger charge is 2.38. The van der Waals surface area contributed by atoms with Gasteiger partial charge in [-0.1, -0.05) is 0 Å². The molecule has 1 rings (SSSR count). The molecule has 0 bridgehead atoms. The van der Waals surface area contributed by atoms with Gasteiger partial charge in [-0.15, -0.1) is 0 Å². The highest BCUT2D eigenvalue weighted by atomic mass is 16.6. The molecular weight excluding hydrogens is 190 g/mol. The molecule has 6 heteroatoms. The van der Waals surface area contributed by atoms with Crippen molar-refractivity contribution in [2.75, 3.05) is 13.2 Å². The van der Waals surface area contributed by atoms with Crippen LogP contribution in [0, 0.1) is 5.92 Å². The molecule has 0 aromatic rings. The van der Waals surface area contributed by atoms with Gasteiger partial charge in [-0.25, -0.2) is 9.69 Å². The number of hydrogen-bond donors (Lipinski definition) is 1. The van der Waals surface area contributed by atoms with Gasteiger partial charge in [0.2, 0.25) is 5.91 Å². The fourth-order valence-electron chi connectivity index (χ4n) is 1.25. The Morgan fingerprint density at radius 3 is 2.71 bits per heavy atom. The highest BCUT2D eigenvalue weighted by Crippen LogP contribution is 2.18. The standard InChI is InChI=1S/C8H11NO5/c1-2-14-8(13)9-4-5(7(11)12)3-6(9)10/h5H,2-4H2,1H3,(H,11,12). The third-order valence-electron chi connectivity index (χ3n) is 1.96. The number of rotatable bonds is 2. The average molecular weight is 201 g/mol.